The van der Waals surface area contributed by atoms with Gasteiger partial charge < -0.3 is 9.47 Å². The quantitative estimate of drug-likeness (QED) is 0.444. The highest BCUT2D eigenvalue weighted by molar-refractivity contribution is 5.81. The van der Waals surface area contributed by atoms with Crippen LogP contribution in [0.15, 0.2) is 23.3 Å². The minimum Gasteiger partial charge on any atom is -0.490 e. The molecule has 0 aliphatic carbocycles. The summed E-state index contributed by atoms with van der Waals surface area (Å²) in [4.78, 5) is 10.0. The van der Waals surface area contributed by atoms with Crippen LogP contribution in [0.2, 0.25) is 0 Å². The third-order valence-electron chi connectivity index (χ3n) is 1.91. The smallest absolute Gasteiger partial charge is 0.227 e. The molecule has 0 aliphatic heterocycles. The normalized spacial score (nSPS) is 10.2. The molecular weight excluding hydrogens is 220 g/mol. The molecule has 17 heavy (non-hydrogen) atoms. The second kappa shape index (κ2) is 7.27. The Morgan fingerprint density at radius 1 is 1.24 bits per heavy atom. The van der Waals surface area contributed by atoms with Crippen LogP contribution in [0.1, 0.15) is 19.4 Å². The number of nitrogens with zero attached hydrogens (tertiary/aromatic N) is 1. The van der Waals surface area contributed by atoms with E-state index >= 15 is 0 Å². The molecule has 0 fully saturated rings. The van der Waals surface area contributed by atoms with Crippen LogP contribution in [0.5, 0.6) is 11.5 Å². The van der Waals surface area contributed by atoms with Crippen molar-refractivity contribution in [3.05, 3.63) is 23.8 Å². The number of nitrogens with one attached hydrogen (secondary N) is 1. The highest BCUT2D eigenvalue weighted by atomic mass is 16.5. The average Bonchev–Trinajstić information content (AvgIpc) is 2.33. The number of amides is 1. The fourth-order valence-corrected chi connectivity index (χ4v) is 1.29. The van der Waals surface area contributed by atoms with E-state index in [1.165, 1.54) is 6.21 Å². The maximum absolute atomic E-state index is 10.0. The van der Waals surface area contributed by atoms with Crippen LogP contribution in [0, 0.1) is 0 Å². The summed E-state index contributed by atoms with van der Waals surface area (Å²) in [7, 11) is 0. The Kier molecular flexibility index (Phi) is 5.57. The van der Waals surface area contributed by atoms with Crippen molar-refractivity contribution in [1.82, 2.24) is 5.43 Å². The van der Waals surface area contributed by atoms with E-state index in [1.807, 2.05) is 32.0 Å². The molecule has 0 atom stereocenters. The number of hydrogen-bond acceptors (Lipinski definition) is 4. The third-order valence-corrected chi connectivity index (χ3v) is 1.91. The molecule has 1 rings (SSSR count). The van der Waals surface area contributed by atoms with Gasteiger partial charge in [0.25, 0.3) is 0 Å². The van der Waals surface area contributed by atoms with Crippen LogP contribution in [0.25, 0.3) is 0 Å². The van der Waals surface area contributed by atoms with E-state index in [2.05, 4.69) is 10.5 Å². The van der Waals surface area contributed by atoms with Crippen molar-refractivity contribution in [1.29, 1.82) is 0 Å². The first-order chi connectivity index (χ1) is 8.31. The number of ether oxygens (including phenoxy) is 2. The fraction of sp³-hybridized carbons (Fsp3) is 0.333. The predicted molar refractivity (Wildman–Crippen MR) is 65.6 cm³/mol. The van der Waals surface area contributed by atoms with Crippen LogP contribution in [-0.4, -0.2) is 25.8 Å². The van der Waals surface area contributed by atoms with Crippen molar-refractivity contribution in [3.63, 3.8) is 0 Å². The SMILES string of the molecule is CCOc1ccc(C=NNC=O)cc1OCC. The number of hydrogen-bond donors (Lipinski definition) is 1. The fourth-order valence-electron chi connectivity index (χ4n) is 1.29. The molecule has 0 spiro atoms. The molecule has 5 nitrogen and oxygen atoms in total. The molecule has 92 valence electrons. The maximum atomic E-state index is 10.0. The van der Waals surface area contributed by atoms with Gasteiger partial charge in [-0.05, 0) is 37.6 Å². The van der Waals surface area contributed by atoms with Gasteiger partial charge in [-0.3, -0.25) is 4.79 Å². The van der Waals surface area contributed by atoms with E-state index in [-0.39, 0.29) is 0 Å². The first-order valence-corrected chi connectivity index (χ1v) is 5.43. The molecule has 0 aliphatic rings. The summed E-state index contributed by atoms with van der Waals surface area (Å²) < 4.78 is 10.9. The summed E-state index contributed by atoms with van der Waals surface area (Å²) >= 11 is 0. The van der Waals surface area contributed by atoms with Crippen molar-refractivity contribution < 1.29 is 14.3 Å². The lowest BCUT2D eigenvalue weighted by atomic mass is 10.2. The summed E-state index contributed by atoms with van der Waals surface area (Å²) in [6.45, 7) is 4.97. The lowest BCUT2D eigenvalue weighted by molar-refractivity contribution is -0.109. The Hall–Kier alpha value is -2.04. The highest BCUT2D eigenvalue weighted by Gasteiger charge is 2.04. The van der Waals surface area contributed by atoms with Gasteiger partial charge in [0.05, 0.1) is 19.4 Å². The summed E-state index contributed by atoms with van der Waals surface area (Å²) in [5.74, 6) is 1.37. The van der Waals surface area contributed by atoms with Gasteiger partial charge in [-0.15, -0.1) is 0 Å². The van der Waals surface area contributed by atoms with Crippen molar-refractivity contribution in [2.75, 3.05) is 13.2 Å². The Labute approximate surface area is 100 Å². The second-order valence-electron chi connectivity index (χ2n) is 3.08. The molecule has 0 aromatic heterocycles. The lowest BCUT2D eigenvalue weighted by Crippen LogP contribution is -2.02. The van der Waals surface area contributed by atoms with Gasteiger partial charge in [-0.25, -0.2) is 5.43 Å². The average molecular weight is 236 g/mol. The van der Waals surface area contributed by atoms with Gasteiger partial charge in [-0.2, -0.15) is 5.10 Å². The summed E-state index contributed by atoms with van der Waals surface area (Å²) in [6, 6.07) is 5.46. The molecule has 0 unspecified atom stereocenters. The van der Waals surface area contributed by atoms with Crippen LogP contribution in [0.4, 0.5) is 0 Å². The van der Waals surface area contributed by atoms with E-state index < -0.39 is 0 Å². The minimum absolute atomic E-state index is 0.508. The molecule has 5 heteroatoms. The Balaban J connectivity index is 2.87. The van der Waals surface area contributed by atoms with Gasteiger partial charge in [0.15, 0.2) is 11.5 Å². The zero-order valence-electron chi connectivity index (χ0n) is 9.97. The first kappa shape index (κ1) is 13.0. The van der Waals surface area contributed by atoms with E-state index in [0.717, 1.165) is 5.56 Å². The molecule has 0 heterocycles. The van der Waals surface area contributed by atoms with Gasteiger partial charge in [0, 0.05) is 0 Å². The van der Waals surface area contributed by atoms with Gasteiger partial charge in [-0.1, -0.05) is 0 Å². The standard InChI is InChI=1S/C12H16N2O3/c1-3-16-11-6-5-10(8-13-14-9-15)7-12(11)17-4-2/h5-9H,3-4H2,1-2H3,(H,14,15). The first-order valence-electron chi connectivity index (χ1n) is 5.43. The largest absolute Gasteiger partial charge is 0.490 e. The summed E-state index contributed by atoms with van der Waals surface area (Å²) in [5.41, 5.74) is 3.03. The summed E-state index contributed by atoms with van der Waals surface area (Å²) in [5, 5.41) is 3.70. The van der Waals surface area contributed by atoms with E-state index in [9.17, 15) is 4.79 Å². The van der Waals surface area contributed by atoms with Crippen LogP contribution in [0.3, 0.4) is 0 Å². The van der Waals surface area contributed by atoms with E-state index in [1.54, 1.807) is 0 Å². The minimum atomic E-state index is 0.508. The zero-order chi connectivity index (χ0) is 12.5. The molecule has 1 N–H and O–H groups in total. The van der Waals surface area contributed by atoms with Crippen molar-refractivity contribution in [2.45, 2.75) is 13.8 Å². The number of carbonyl (C=O) groups is 1. The number of hydrazone groups is 1. The monoisotopic (exact) mass is 236 g/mol. The Morgan fingerprint density at radius 3 is 2.59 bits per heavy atom. The van der Waals surface area contributed by atoms with Crippen molar-refractivity contribution in [3.8, 4) is 11.5 Å². The molecule has 1 aromatic carbocycles. The molecule has 0 radical (unpaired) electrons. The maximum Gasteiger partial charge on any atom is 0.227 e. The number of benzene rings is 1. The summed E-state index contributed by atoms with van der Waals surface area (Å²) in [6.07, 6.45) is 2.04. The Morgan fingerprint density at radius 2 is 1.94 bits per heavy atom. The van der Waals surface area contributed by atoms with Gasteiger partial charge in [0.2, 0.25) is 6.41 Å². The van der Waals surface area contributed by atoms with E-state index in [4.69, 9.17) is 9.47 Å². The highest BCUT2D eigenvalue weighted by Crippen LogP contribution is 2.27. The van der Waals surface area contributed by atoms with Crippen LogP contribution < -0.4 is 14.9 Å². The molecule has 1 aromatic rings. The molecular formula is C12H16N2O3. The van der Waals surface area contributed by atoms with Crippen LogP contribution >= 0.6 is 0 Å². The lowest BCUT2D eigenvalue weighted by Gasteiger charge is -2.10. The van der Waals surface area contributed by atoms with Crippen LogP contribution in [-0.2, 0) is 4.79 Å². The molecule has 0 saturated heterocycles. The van der Waals surface area contributed by atoms with Crippen molar-refractivity contribution >= 4 is 12.6 Å². The zero-order valence-corrected chi connectivity index (χ0v) is 9.97. The molecule has 1 amide bonds. The van der Waals surface area contributed by atoms with Gasteiger partial charge >= 0.3 is 0 Å². The number of rotatable bonds is 7. The number of carbonyl (C=O) groups excluding carboxylic acids is 1. The van der Waals surface area contributed by atoms with E-state index in [0.29, 0.717) is 31.1 Å². The molecule has 0 bridgehead atoms. The third kappa shape index (κ3) is 4.14. The van der Waals surface area contributed by atoms with Gasteiger partial charge in [0.1, 0.15) is 0 Å². The second-order valence-corrected chi connectivity index (χ2v) is 3.08. The Bertz CT molecular complexity index is 391. The predicted octanol–water partition coefficient (Wildman–Crippen LogP) is 1.56. The van der Waals surface area contributed by atoms with Crippen molar-refractivity contribution in [2.24, 2.45) is 5.10 Å². The molecule has 0 saturated carbocycles. The topological polar surface area (TPSA) is 59.9 Å².